The van der Waals surface area contributed by atoms with Gasteiger partial charge in [-0.2, -0.15) is 13.2 Å². The van der Waals surface area contributed by atoms with Gasteiger partial charge >= 0.3 is 6.18 Å². The first-order valence-corrected chi connectivity index (χ1v) is 10.8. The molecule has 0 bridgehead atoms. The molecule has 1 spiro atoms. The summed E-state index contributed by atoms with van der Waals surface area (Å²) in [5, 5.41) is 3.14. The average Bonchev–Trinajstić information content (AvgIpc) is 3.24. The summed E-state index contributed by atoms with van der Waals surface area (Å²) in [6, 6.07) is 7.31. The van der Waals surface area contributed by atoms with Crippen LogP contribution in [0.1, 0.15) is 53.2 Å². The maximum atomic E-state index is 13.4. The number of carbonyl (C=O) groups is 2. The Hall–Kier alpha value is -3.01. The smallest absolute Gasteiger partial charge is 0.431 e. The summed E-state index contributed by atoms with van der Waals surface area (Å²) < 4.78 is 52.0. The number of amides is 1. The number of likely N-dealkylation sites (tertiary alicyclic amines) is 1. The monoisotopic (exact) mass is 465 g/mol. The number of rotatable bonds is 4. The summed E-state index contributed by atoms with van der Waals surface area (Å²) in [5.41, 5.74) is -1.01. The van der Waals surface area contributed by atoms with Crippen LogP contribution >= 0.6 is 0 Å². The van der Waals surface area contributed by atoms with Gasteiger partial charge < -0.3 is 14.4 Å². The summed E-state index contributed by atoms with van der Waals surface area (Å²) in [5.74, 6) is 0.159. The minimum absolute atomic E-state index is 0.0505. The molecule has 33 heavy (non-hydrogen) atoms. The van der Waals surface area contributed by atoms with Gasteiger partial charge in [0, 0.05) is 24.3 Å². The van der Waals surface area contributed by atoms with Crippen LogP contribution in [-0.4, -0.2) is 54.1 Å². The number of ether oxygens (including phenoxy) is 2. The molecule has 1 N–H and O–H groups in total. The molecule has 7 nitrogen and oxygen atoms in total. The molecule has 1 amide bonds. The van der Waals surface area contributed by atoms with Crippen molar-refractivity contribution in [1.29, 1.82) is 0 Å². The molecule has 0 aliphatic carbocycles. The van der Waals surface area contributed by atoms with Gasteiger partial charge in [0.25, 0.3) is 5.91 Å². The number of piperidine rings is 1. The Morgan fingerprint density at radius 1 is 1.12 bits per heavy atom. The van der Waals surface area contributed by atoms with Crippen molar-refractivity contribution < 1.29 is 32.2 Å². The summed E-state index contributed by atoms with van der Waals surface area (Å²) in [6.07, 6.45) is -3.89. The van der Waals surface area contributed by atoms with E-state index in [1.165, 1.54) is 13.2 Å². The van der Waals surface area contributed by atoms with E-state index >= 15 is 0 Å². The molecule has 2 aliphatic heterocycles. The standard InChI is InChI=1S/C23H26F3N3O4/c1-14(2)33-16-5-4-15(12-17(16)32-3)21(31)28-10-8-22(9-11-28)18-6-7-19(23(24,25)26)29(18)20(30)13-27-22/h4-7,12,14,27H,8-11,13H2,1-3H3. The second-order valence-electron chi connectivity index (χ2n) is 8.59. The minimum atomic E-state index is -4.62. The van der Waals surface area contributed by atoms with Crippen LogP contribution in [0.15, 0.2) is 30.3 Å². The predicted molar refractivity (Wildman–Crippen MR) is 114 cm³/mol. The quantitative estimate of drug-likeness (QED) is 0.746. The maximum Gasteiger partial charge on any atom is 0.431 e. The van der Waals surface area contributed by atoms with Crippen LogP contribution in [0.5, 0.6) is 11.5 Å². The third kappa shape index (κ3) is 4.19. The van der Waals surface area contributed by atoms with Crippen LogP contribution in [0.4, 0.5) is 13.2 Å². The van der Waals surface area contributed by atoms with Gasteiger partial charge in [-0.15, -0.1) is 0 Å². The fraction of sp³-hybridized carbons (Fsp3) is 0.478. The molecule has 1 fully saturated rings. The van der Waals surface area contributed by atoms with E-state index in [9.17, 15) is 22.8 Å². The van der Waals surface area contributed by atoms with Crippen molar-refractivity contribution in [1.82, 2.24) is 14.8 Å². The van der Waals surface area contributed by atoms with Crippen molar-refractivity contribution in [3.63, 3.8) is 0 Å². The number of carbonyl (C=O) groups excluding carboxylic acids is 2. The Bertz CT molecular complexity index is 1070. The Kier molecular flexibility index (Phi) is 5.90. The van der Waals surface area contributed by atoms with Crippen molar-refractivity contribution in [3.05, 3.63) is 47.3 Å². The maximum absolute atomic E-state index is 13.4. The van der Waals surface area contributed by atoms with E-state index in [4.69, 9.17) is 9.47 Å². The van der Waals surface area contributed by atoms with Gasteiger partial charge in [0.2, 0.25) is 5.91 Å². The molecule has 3 heterocycles. The number of alkyl halides is 3. The number of nitrogens with zero attached hydrogens (tertiary/aromatic N) is 2. The zero-order chi connectivity index (χ0) is 24.0. The van der Waals surface area contributed by atoms with Crippen LogP contribution in [0.3, 0.4) is 0 Å². The first kappa shape index (κ1) is 23.2. The summed E-state index contributed by atoms with van der Waals surface area (Å²) in [7, 11) is 1.50. The van der Waals surface area contributed by atoms with Crippen molar-refractivity contribution >= 4 is 11.8 Å². The number of hydrogen-bond acceptors (Lipinski definition) is 5. The minimum Gasteiger partial charge on any atom is -0.493 e. The number of halogens is 3. The topological polar surface area (TPSA) is 72.8 Å². The molecule has 0 atom stereocenters. The van der Waals surface area contributed by atoms with Gasteiger partial charge in [-0.1, -0.05) is 0 Å². The van der Waals surface area contributed by atoms with Gasteiger partial charge in [0.05, 0.1) is 25.3 Å². The highest BCUT2D eigenvalue weighted by molar-refractivity contribution is 5.95. The third-order valence-corrected chi connectivity index (χ3v) is 6.17. The number of aromatic nitrogens is 1. The predicted octanol–water partition coefficient (Wildman–Crippen LogP) is 3.68. The normalized spacial score (nSPS) is 17.9. The third-order valence-electron chi connectivity index (χ3n) is 6.17. The zero-order valence-electron chi connectivity index (χ0n) is 18.7. The van der Waals surface area contributed by atoms with E-state index in [1.807, 2.05) is 13.8 Å². The largest absolute Gasteiger partial charge is 0.493 e. The van der Waals surface area contributed by atoms with Gasteiger partial charge in [-0.3, -0.25) is 19.5 Å². The number of hydrogen-bond donors (Lipinski definition) is 1. The molecule has 4 rings (SSSR count). The molecule has 1 aromatic heterocycles. The number of methoxy groups -OCH3 is 1. The fourth-order valence-electron chi connectivity index (χ4n) is 4.57. The Morgan fingerprint density at radius 2 is 1.82 bits per heavy atom. The van der Waals surface area contributed by atoms with Crippen LogP contribution in [-0.2, 0) is 11.7 Å². The lowest BCUT2D eigenvalue weighted by Crippen LogP contribution is -2.58. The average molecular weight is 465 g/mol. The van der Waals surface area contributed by atoms with Crippen LogP contribution in [0, 0.1) is 0 Å². The summed E-state index contributed by atoms with van der Waals surface area (Å²) in [6.45, 7) is 4.26. The van der Waals surface area contributed by atoms with E-state index in [0.29, 0.717) is 48.7 Å². The Morgan fingerprint density at radius 3 is 2.42 bits per heavy atom. The van der Waals surface area contributed by atoms with Gasteiger partial charge in [0.15, 0.2) is 11.5 Å². The van der Waals surface area contributed by atoms with E-state index in [2.05, 4.69) is 5.32 Å². The highest BCUT2D eigenvalue weighted by Crippen LogP contribution is 2.40. The molecular formula is C23H26F3N3O4. The molecule has 0 unspecified atom stereocenters. The molecule has 0 saturated carbocycles. The lowest BCUT2D eigenvalue weighted by atomic mass is 9.82. The first-order chi connectivity index (χ1) is 15.6. The van der Waals surface area contributed by atoms with Crippen LogP contribution in [0.25, 0.3) is 0 Å². The summed E-state index contributed by atoms with van der Waals surface area (Å²) >= 11 is 0. The molecule has 2 aliphatic rings. The van der Waals surface area contributed by atoms with Gasteiger partial charge in [-0.05, 0) is 57.0 Å². The second kappa shape index (κ2) is 8.40. The summed E-state index contributed by atoms with van der Waals surface area (Å²) in [4.78, 5) is 27.0. The molecule has 0 radical (unpaired) electrons. The van der Waals surface area contributed by atoms with E-state index < -0.39 is 23.3 Å². The number of nitrogens with one attached hydrogen (secondary N) is 1. The van der Waals surface area contributed by atoms with Crippen molar-refractivity contribution in [2.75, 3.05) is 26.7 Å². The lowest BCUT2D eigenvalue weighted by molar-refractivity contribution is -0.142. The molecule has 178 valence electrons. The van der Waals surface area contributed by atoms with Gasteiger partial charge in [-0.25, -0.2) is 0 Å². The highest BCUT2D eigenvalue weighted by Gasteiger charge is 2.47. The van der Waals surface area contributed by atoms with E-state index in [-0.39, 0.29) is 18.6 Å². The first-order valence-electron chi connectivity index (χ1n) is 10.8. The van der Waals surface area contributed by atoms with Crippen LogP contribution < -0.4 is 14.8 Å². The van der Waals surface area contributed by atoms with Crippen molar-refractivity contribution in [2.24, 2.45) is 0 Å². The zero-order valence-corrected chi connectivity index (χ0v) is 18.7. The Balaban J connectivity index is 1.53. The molecular weight excluding hydrogens is 439 g/mol. The fourth-order valence-corrected chi connectivity index (χ4v) is 4.57. The number of benzene rings is 1. The van der Waals surface area contributed by atoms with Gasteiger partial charge in [0.1, 0.15) is 5.69 Å². The molecule has 10 heteroatoms. The Labute approximate surface area is 189 Å². The molecule has 1 saturated heterocycles. The van der Waals surface area contributed by atoms with E-state index in [0.717, 1.165) is 10.6 Å². The van der Waals surface area contributed by atoms with Crippen molar-refractivity contribution in [3.8, 4) is 11.5 Å². The molecule has 1 aromatic carbocycles. The number of fused-ring (bicyclic) bond motifs is 2. The van der Waals surface area contributed by atoms with Crippen LogP contribution in [0.2, 0.25) is 0 Å². The lowest BCUT2D eigenvalue weighted by Gasteiger charge is -2.45. The SMILES string of the molecule is COc1cc(C(=O)N2CCC3(CC2)NCC(=O)n2c(C(F)(F)F)ccc23)ccc1OC(C)C. The van der Waals surface area contributed by atoms with E-state index in [1.54, 1.807) is 23.1 Å². The highest BCUT2D eigenvalue weighted by atomic mass is 19.4. The second-order valence-corrected chi connectivity index (χ2v) is 8.59. The molecule has 2 aromatic rings. The van der Waals surface area contributed by atoms with Crippen molar-refractivity contribution in [2.45, 2.75) is 44.5 Å².